The van der Waals surface area contributed by atoms with E-state index < -0.39 is 0 Å². The van der Waals surface area contributed by atoms with Crippen LogP contribution in [0.25, 0.3) is 0 Å². The fourth-order valence-corrected chi connectivity index (χ4v) is 2.14. The first-order chi connectivity index (χ1) is 7.11. The molecule has 2 nitrogen and oxygen atoms in total. The zero-order valence-electron chi connectivity index (χ0n) is 9.76. The molecule has 0 aromatic rings. The molecule has 1 amide bonds. The van der Waals surface area contributed by atoms with Gasteiger partial charge in [0.05, 0.1) is 4.83 Å². The van der Waals surface area contributed by atoms with Gasteiger partial charge in [-0.1, -0.05) is 55.5 Å². The molecule has 88 valence electrons. The molecule has 1 rings (SSSR count). The summed E-state index contributed by atoms with van der Waals surface area (Å²) in [5.74, 6) is 0.521. The third-order valence-corrected chi connectivity index (χ3v) is 4.51. The van der Waals surface area contributed by atoms with Crippen molar-refractivity contribution in [1.82, 2.24) is 5.32 Å². The highest BCUT2D eigenvalue weighted by Crippen LogP contribution is 2.18. The van der Waals surface area contributed by atoms with Crippen molar-refractivity contribution < 1.29 is 4.79 Å². The monoisotopic (exact) mass is 275 g/mol. The van der Waals surface area contributed by atoms with Gasteiger partial charge < -0.3 is 5.32 Å². The molecular formula is C12H22BrNO. The van der Waals surface area contributed by atoms with Gasteiger partial charge in [-0.2, -0.15) is 0 Å². The SMILES string of the molecule is CC(C)[C@@H](Br)C(=O)NC1CCCCCC1. The first-order valence-corrected chi connectivity index (χ1v) is 6.97. The van der Waals surface area contributed by atoms with Crippen LogP contribution in [-0.4, -0.2) is 16.8 Å². The Balaban J connectivity index is 2.35. The summed E-state index contributed by atoms with van der Waals surface area (Å²) in [6.45, 7) is 4.12. The van der Waals surface area contributed by atoms with E-state index in [-0.39, 0.29) is 10.7 Å². The van der Waals surface area contributed by atoms with E-state index >= 15 is 0 Å². The van der Waals surface area contributed by atoms with Crippen molar-refractivity contribution in [1.29, 1.82) is 0 Å². The Morgan fingerprint density at radius 3 is 2.20 bits per heavy atom. The van der Waals surface area contributed by atoms with Gasteiger partial charge in [-0.05, 0) is 18.8 Å². The summed E-state index contributed by atoms with van der Waals surface area (Å²) in [5, 5.41) is 3.15. The summed E-state index contributed by atoms with van der Waals surface area (Å²) in [6.07, 6.45) is 7.49. The van der Waals surface area contributed by atoms with Gasteiger partial charge in [0, 0.05) is 6.04 Å². The maximum atomic E-state index is 11.8. The highest BCUT2D eigenvalue weighted by Gasteiger charge is 2.21. The summed E-state index contributed by atoms with van der Waals surface area (Å²) in [5.41, 5.74) is 0. The average Bonchev–Trinajstić information content (AvgIpc) is 2.45. The van der Waals surface area contributed by atoms with Gasteiger partial charge in [-0.15, -0.1) is 0 Å². The zero-order chi connectivity index (χ0) is 11.3. The van der Waals surface area contributed by atoms with Crippen LogP contribution in [0, 0.1) is 5.92 Å². The normalized spacial score (nSPS) is 21.1. The first-order valence-electron chi connectivity index (χ1n) is 6.05. The van der Waals surface area contributed by atoms with Crippen molar-refractivity contribution in [3.63, 3.8) is 0 Å². The quantitative estimate of drug-likeness (QED) is 0.622. The van der Waals surface area contributed by atoms with Crippen LogP contribution in [0.15, 0.2) is 0 Å². The van der Waals surface area contributed by atoms with Crippen LogP contribution in [0.1, 0.15) is 52.4 Å². The summed E-state index contributed by atoms with van der Waals surface area (Å²) in [6, 6.07) is 0.416. The largest absolute Gasteiger partial charge is 0.352 e. The molecule has 0 aliphatic heterocycles. The molecule has 0 aromatic carbocycles. The molecule has 1 atom stereocenters. The highest BCUT2D eigenvalue weighted by molar-refractivity contribution is 9.10. The second kappa shape index (κ2) is 6.51. The van der Waals surface area contributed by atoms with Crippen molar-refractivity contribution in [2.75, 3.05) is 0 Å². The maximum Gasteiger partial charge on any atom is 0.234 e. The third-order valence-electron chi connectivity index (χ3n) is 3.04. The van der Waals surface area contributed by atoms with Crippen LogP contribution in [0.4, 0.5) is 0 Å². The van der Waals surface area contributed by atoms with Crippen molar-refractivity contribution in [3.05, 3.63) is 0 Å². The summed E-state index contributed by atoms with van der Waals surface area (Å²) < 4.78 is 0. The van der Waals surface area contributed by atoms with E-state index in [4.69, 9.17) is 0 Å². The van der Waals surface area contributed by atoms with Crippen LogP contribution in [0.3, 0.4) is 0 Å². The summed E-state index contributed by atoms with van der Waals surface area (Å²) in [4.78, 5) is 11.8. The molecular weight excluding hydrogens is 254 g/mol. The molecule has 0 radical (unpaired) electrons. The first kappa shape index (κ1) is 13.0. The molecule has 0 heterocycles. The van der Waals surface area contributed by atoms with Gasteiger partial charge in [0.25, 0.3) is 0 Å². The predicted molar refractivity (Wildman–Crippen MR) is 67.2 cm³/mol. The number of carbonyl (C=O) groups excluding carboxylic acids is 1. The average molecular weight is 276 g/mol. The lowest BCUT2D eigenvalue weighted by atomic mass is 10.1. The Bertz CT molecular complexity index is 198. The number of hydrogen-bond acceptors (Lipinski definition) is 1. The molecule has 1 fully saturated rings. The second-order valence-corrected chi connectivity index (χ2v) is 5.83. The fourth-order valence-electron chi connectivity index (χ4n) is 2.01. The number of hydrogen-bond donors (Lipinski definition) is 1. The third kappa shape index (κ3) is 4.54. The van der Waals surface area contributed by atoms with Crippen LogP contribution in [-0.2, 0) is 4.79 Å². The molecule has 0 spiro atoms. The Kier molecular flexibility index (Phi) is 5.65. The van der Waals surface area contributed by atoms with Crippen molar-refractivity contribution in [3.8, 4) is 0 Å². The van der Waals surface area contributed by atoms with E-state index in [1.54, 1.807) is 0 Å². The van der Waals surface area contributed by atoms with Gasteiger partial charge >= 0.3 is 0 Å². The van der Waals surface area contributed by atoms with E-state index in [0.717, 1.165) is 12.8 Å². The molecule has 0 bridgehead atoms. The van der Waals surface area contributed by atoms with Crippen LogP contribution in [0.2, 0.25) is 0 Å². The summed E-state index contributed by atoms with van der Waals surface area (Å²) >= 11 is 3.44. The molecule has 1 aliphatic rings. The topological polar surface area (TPSA) is 29.1 Å². The smallest absolute Gasteiger partial charge is 0.234 e. The Morgan fingerprint density at radius 2 is 1.73 bits per heavy atom. The van der Waals surface area contributed by atoms with E-state index in [1.807, 2.05) is 0 Å². The minimum absolute atomic E-state index is 0.0410. The number of halogens is 1. The van der Waals surface area contributed by atoms with Gasteiger partial charge in [-0.25, -0.2) is 0 Å². The Labute approximate surface area is 101 Å². The van der Waals surface area contributed by atoms with Crippen LogP contribution < -0.4 is 5.32 Å². The molecule has 1 saturated carbocycles. The van der Waals surface area contributed by atoms with Gasteiger partial charge in [-0.3, -0.25) is 4.79 Å². The van der Waals surface area contributed by atoms with Gasteiger partial charge in [0.2, 0.25) is 5.91 Å². The van der Waals surface area contributed by atoms with E-state index in [0.29, 0.717) is 12.0 Å². The maximum absolute atomic E-state index is 11.8. The fraction of sp³-hybridized carbons (Fsp3) is 0.917. The molecule has 0 saturated heterocycles. The Hall–Kier alpha value is -0.0500. The lowest BCUT2D eigenvalue weighted by Gasteiger charge is -2.20. The number of amides is 1. The van der Waals surface area contributed by atoms with E-state index in [9.17, 15) is 4.79 Å². The lowest BCUT2D eigenvalue weighted by Crippen LogP contribution is -2.40. The number of alkyl halides is 1. The van der Waals surface area contributed by atoms with Gasteiger partial charge in [0.15, 0.2) is 0 Å². The van der Waals surface area contributed by atoms with Crippen molar-refractivity contribution in [2.24, 2.45) is 5.92 Å². The molecule has 15 heavy (non-hydrogen) atoms. The molecule has 1 aliphatic carbocycles. The lowest BCUT2D eigenvalue weighted by molar-refractivity contribution is -0.121. The molecule has 3 heteroatoms. The summed E-state index contributed by atoms with van der Waals surface area (Å²) in [7, 11) is 0. The zero-order valence-corrected chi connectivity index (χ0v) is 11.3. The van der Waals surface area contributed by atoms with E-state index in [1.165, 1.54) is 25.7 Å². The number of carbonyl (C=O) groups is 1. The number of nitrogens with one attached hydrogen (secondary N) is 1. The van der Waals surface area contributed by atoms with Crippen LogP contribution in [0.5, 0.6) is 0 Å². The second-order valence-electron chi connectivity index (χ2n) is 4.84. The number of rotatable bonds is 3. The molecule has 0 aromatic heterocycles. The molecule has 1 N–H and O–H groups in total. The van der Waals surface area contributed by atoms with Gasteiger partial charge in [0.1, 0.15) is 0 Å². The predicted octanol–water partition coefficient (Wildman–Crippen LogP) is 3.24. The minimum Gasteiger partial charge on any atom is -0.352 e. The highest BCUT2D eigenvalue weighted by atomic mass is 79.9. The van der Waals surface area contributed by atoms with E-state index in [2.05, 4.69) is 35.1 Å². The van der Waals surface area contributed by atoms with Crippen molar-refractivity contribution >= 4 is 21.8 Å². The standard InChI is InChI=1S/C12H22BrNO/c1-9(2)11(13)12(15)14-10-7-5-3-4-6-8-10/h9-11H,3-8H2,1-2H3,(H,14,15)/t11-/m1/s1. The van der Waals surface area contributed by atoms with Crippen LogP contribution >= 0.6 is 15.9 Å². The minimum atomic E-state index is -0.0410. The Morgan fingerprint density at radius 1 is 1.20 bits per heavy atom. The molecule has 0 unspecified atom stereocenters. The van der Waals surface area contributed by atoms with Crippen molar-refractivity contribution in [2.45, 2.75) is 63.2 Å².